The Bertz CT molecular complexity index is 1850. The molecule has 268 valence electrons. The number of methoxy groups -OCH3 is 3. The van der Waals surface area contributed by atoms with Crippen molar-refractivity contribution in [3.05, 3.63) is 76.6 Å². The minimum Gasteiger partial charge on any atom is -0.497 e. The second kappa shape index (κ2) is 15.7. The molecule has 11 heteroatoms. The van der Waals surface area contributed by atoms with Crippen molar-refractivity contribution in [3.8, 4) is 34.1 Å². The van der Waals surface area contributed by atoms with E-state index in [9.17, 15) is 9.59 Å². The second-order valence-corrected chi connectivity index (χ2v) is 19.0. The second-order valence-electron chi connectivity index (χ2n) is 13.6. The van der Waals surface area contributed by atoms with Gasteiger partial charge in [-0.25, -0.2) is 4.79 Å². The highest BCUT2D eigenvalue weighted by atomic mass is 28.4. The number of rotatable bonds is 13. The summed E-state index contributed by atoms with van der Waals surface area (Å²) in [6.07, 6.45) is 0.829. The molecule has 2 heterocycles. The first-order chi connectivity index (χ1) is 23.9. The third kappa shape index (κ3) is 7.55. The lowest BCUT2D eigenvalue weighted by atomic mass is 10.0. The molecule has 1 aliphatic heterocycles. The lowest BCUT2D eigenvalue weighted by molar-refractivity contribution is -0.135. The number of fused-ring (bicyclic) bond motifs is 1. The zero-order chi connectivity index (χ0) is 36.2. The number of ether oxygens (including phenoxy) is 5. The molecule has 2 atom stereocenters. The van der Waals surface area contributed by atoms with Crippen LogP contribution in [0, 0.1) is 0 Å². The molecule has 3 aromatic carbocycles. The Morgan fingerprint density at radius 2 is 1.58 bits per heavy atom. The fourth-order valence-electron chi connectivity index (χ4n) is 7.33. The number of hydrogen-bond acceptors (Lipinski definition) is 9. The van der Waals surface area contributed by atoms with Gasteiger partial charge < -0.3 is 37.8 Å². The molecule has 0 spiro atoms. The predicted octanol–water partition coefficient (Wildman–Crippen LogP) is 8.81. The van der Waals surface area contributed by atoms with E-state index in [0.29, 0.717) is 63.4 Å². The maximum absolute atomic E-state index is 13.4. The van der Waals surface area contributed by atoms with Gasteiger partial charge in [-0.15, -0.1) is 0 Å². The third-order valence-electron chi connectivity index (χ3n) is 9.65. The van der Waals surface area contributed by atoms with Gasteiger partial charge in [0, 0.05) is 22.9 Å². The highest BCUT2D eigenvalue weighted by Crippen LogP contribution is 2.45. The maximum atomic E-state index is 13.4. The summed E-state index contributed by atoms with van der Waals surface area (Å²) >= 11 is 0. The molecule has 50 heavy (non-hydrogen) atoms. The Kier molecular flexibility index (Phi) is 11.6. The van der Waals surface area contributed by atoms with E-state index < -0.39 is 26.1 Å². The first kappa shape index (κ1) is 36.9. The number of hydrogen-bond donors (Lipinski definition) is 1. The van der Waals surface area contributed by atoms with Crippen LogP contribution in [0.1, 0.15) is 64.7 Å². The van der Waals surface area contributed by atoms with Crippen LogP contribution in [0.5, 0.6) is 23.0 Å². The lowest BCUT2D eigenvalue weighted by Gasteiger charge is -2.46. The van der Waals surface area contributed by atoms with Gasteiger partial charge in [-0.3, -0.25) is 4.79 Å². The van der Waals surface area contributed by atoms with Crippen LogP contribution in [0.25, 0.3) is 22.1 Å². The third-order valence-corrected chi connectivity index (χ3v) is 15.8. The van der Waals surface area contributed by atoms with Crippen molar-refractivity contribution in [3.63, 3.8) is 0 Å². The fourth-order valence-corrected chi connectivity index (χ4v) is 12.9. The average Bonchev–Trinajstić information content (AvgIpc) is 3.10. The van der Waals surface area contributed by atoms with Crippen molar-refractivity contribution in [2.75, 3.05) is 33.3 Å². The Labute approximate surface area is 295 Å². The first-order valence-electron chi connectivity index (χ1n) is 17.2. The minimum absolute atomic E-state index is 0.0133. The Morgan fingerprint density at radius 1 is 0.860 bits per heavy atom. The van der Waals surface area contributed by atoms with Crippen LogP contribution < -0.4 is 29.9 Å². The fraction of sp³-hybridized carbons (Fsp3) is 0.436. The monoisotopic (exact) mass is 703 g/mol. The van der Waals surface area contributed by atoms with Crippen LogP contribution >= 0.6 is 0 Å². The molecule has 10 nitrogen and oxygen atoms in total. The van der Waals surface area contributed by atoms with Crippen molar-refractivity contribution >= 4 is 30.9 Å². The largest absolute Gasteiger partial charge is 0.497 e. The summed E-state index contributed by atoms with van der Waals surface area (Å²) in [5.74, 6) is 1.42. The van der Waals surface area contributed by atoms with E-state index in [4.69, 9.17) is 32.5 Å². The van der Waals surface area contributed by atoms with Crippen molar-refractivity contribution in [1.29, 1.82) is 0 Å². The van der Waals surface area contributed by atoms with Gasteiger partial charge in [-0.05, 0) is 77.1 Å². The summed E-state index contributed by atoms with van der Waals surface area (Å²) in [5, 5.41) is 3.25. The van der Waals surface area contributed by atoms with Crippen LogP contribution in [0.3, 0.4) is 0 Å². The highest BCUT2D eigenvalue weighted by molar-refractivity contribution is 6.77. The van der Waals surface area contributed by atoms with Gasteiger partial charge in [0.25, 0.3) is 5.91 Å². The van der Waals surface area contributed by atoms with Crippen LogP contribution in [0.2, 0.25) is 16.6 Å². The van der Waals surface area contributed by atoms with Crippen molar-refractivity contribution in [1.82, 2.24) is 0 Å². The van der Waals surface area contributed by atoms with Crippen LogP contribution in [0.4, 0.5) is 5.69 Å². The summed E-state index contributed by atoms with van der Waals surface area (Å²) in [4.78, 5) is 26.6. The van der Waals surface area contributed by atoms with Crippen molar-refractivity contribution in [2.45, 2.75) is 83.4 Å². The number of amides is 1. The van der Waals surface area contributed by atoms with Gasteiger partial charge in [0.2, 0.25) is 20.4 Å². The van der Waals surface area contributed by atoms with Gasteiger partial charge >= 0.3 is 5.63 Å². The molecule has 0 saturated carbocycles. The highest BCUT2D eigenvalue weighted by Gasteiger charge is 2.47. The zero-order valence-electron chi connectivity index (χ0n) is 30.5. The number of benzene rings is 3. The standard InChI is InChI=1S/C39H49NO9Si/c1-23(2)50(24(3)4,25(5)6)49-30-17-18-46-35(22-30)47-34-16-13-27-21-32(39(42)48-36(27)37(34)45-9)40-38(41)28-14-15-33(44-8)31(20-28)26-11-10-12-29(19-26)43-7/h10-16,19-21,23-25,30,35H,17-18,22H2,1-9H3,(H,40,41)/t30-,35?/m1/s1. The maximum Gasteiger partial charge on any atom is 0.360 e. The Morgan fingerprint density at radius 3 is 2.24 bits per heavy atom. The van der Waals surface area contributed by atoms with Gasteiger partial charge in [-0.1, -0.05) is 53.7 Å². The van der Waals surface area contributed by atoms with E-state index in [-0.39, 0.29) is 23.1 Å². The van der Waals surface area contributed by atoms with E-state index in [1.165, 1.54) is 7.11 Å². The number of nitrogens with one attached hydrogen (secondary N) is 1. The number of anilines is 1. The molecule has 5 rings (SSSR count). The molecular weight excluding hydrogens is 655 g/mol. The molecular formula is C39H49NO9Si. The zero-order valence-corrected chi connectivity index (χ0v) is 31.5. The van der Waals surface area contributed by atoms with Crippen LogP contribution in [0.15, 0.2) is 69.9 Å². The van der Waals surface area contributed by atoms with Gasteiger partial charge in [0.05, 0.1) is 34.0 Å². The smallest absolute Gasteiger partial charge is 0.360 e. The number of carbonyl (C=O) groups excluding carboxylic acids is 1. The number of carbonyl (C=O) groups is 1. The van der Waals surface area contributed by atoms with Crippen LogP contribution in [-0.4, -0.2) is 54.6 Å². The van der Waals surface area contributed by atoms with E-state index >= 15 is 0 Å². The first-order valence-corrected chi connectivity index (χ1v) is 19.3. The molecule has 1 unspecified atom stereocenters. The SMILES string of the molecule is COc1cccc(-c2cc(C(=O)Nc3cc4ccc(OC5C[C@H](O[Si](C(C)C)(C(C)C)C(C)C)CCO5)c(OC)c4oc3=O)ccc2OC)c1. The van der Waals surface area contributed by atoms with Gasteiger partial charge in [-0.2, -0.15) is 0 Å². The van der Waals surface area contributed by atoms with E-state index in [0.717, 1.165) is 12.0 Å². The van der Waals surface area contributed by atoms with Gasteiger partial charge in [0.15, 0.2) is 11.3 Å². The molecule has 4 aromatic rings. The van der Waals surface area contributed by atoms with Gasteiger partial charge in [0.1, 0.15) is 17.2 Å². The molecule has 1 amide bonds. The van der Waals surface area contributed by atoms with Crippen molar-refractivity contribution in [2.24, 2.45) is 0 Å². The topological polar surface area (TPSA) is 115 Å². The Hall–Kier alpha value is -4.32. The summed E-state index contributed by atoms with van der Waals surface area (Å²) in [7, 11) is 2.56. The summed E-state index contributed by atoms with van der Waals surface area (Å²) in [6, 6.07) is 17.6. The van der Waals surface area contributed by atoms with Crippen molar-refractivity contribution < 1.29 is 37.3 Å². The summed E-state index contributed by atoms with van der Waals surface area (Å²) < 4.78 is 41.7. The molecule has 1 N–H and O–H groups in total. The summed E-state index contributed by atoms with van der Waals surface area (Å²) in [5.41, 5.74) is 2.69. The lowest BCUT2D eigenvalue weighted by Crippen LogP contribution is -2.52. The molecule has 1 aliphatic rings. The molecule has 0 radical (unpaired) electrons. The molecule has 1 fully saturated rings. The van der Waals surface area contributed by atoms with Crippen LogP contribution in [-0.2, 0) is 9.16 Å². The Balaban J connectivity index is 1.36. The summed E-state index contributed by atoms with van der Waals surface area (Å²) in [6.45, 7) is 14.2. The molecule has 1 saturated heterocycles. The quantitative estimate of drug-likeness (QED) is 0.108. The van der Waals surface area contributed by atoms with E-state index in [1.807, 2.05) is 24.3 Å². The molecule has 0 bridgehead atoms. The minimum atomic E-state index is -2.09. The molecule has 0 aliphatic carbocycles. The van der Waals surface area contributed by atoms with E-state index in [2.05, 4.69) is 46.9 Å². The predicted molar refractivity (Wildman–Crippen MR) is 197 cm³/mol. The molecule has 1 aromatic heterocycles. The normalized spacial score (nSPS) is 16.6. The average molecular weight is 704 g/mol. The van der Waals surface area contributed by atoms with E-state index in [1.54, 1.807) is 50.6 Å².